The average Bonchev–Trinajstić information content (AvgIpc) is 3.87. The maximum atomic E-state index is 12.3. The van der Waals surface area contributed by atoms with Crippen molar-refractivity contribution in [2.45, 2.75) is 91.9 Å². The third-order valence-electron chi connectivity index (χ3n) is 10.5. The van der Waals surface area contributed by atoms with E-state index in [2.05, 4.69) is 15.0 Å². The van der Waals surface area contributed by atoms with Gasteiger partial charge in [-0.1, -0.05) is 0 Å². The maximum absolute atomic E-state index is 12.3. The molecule has 1 aliphatic rings. The molecule has 0 spiro atoms. The van der Waals surface area contributed by atoms with Crippen LogP contribution in [0.15, 0.2) is 21.8 Å². The first-order valence-corrected chi connectivity index (χ1v) is 18.4. The average molecular weight is 791 g/mol. The van der Waals surface area contributed by atoms with Crippen LogP contribution >= 0.6 is 0 Å². The lowest BCUT2D eigenvalue weighted by Gasteiger charge is -2.09. The number of H-pyrrole nitrogens is 3. The van der Waals surface area contributed by atoms with Crippen molar-refractivity contribution in [1.29, 1.82) is 0 Å². The number of carboxylic acid groups (broad SMARTS) is 2. The molecule has 0 saturated heterocycles. The fourth-order valence-corrected chi connectivity index (χ4v) is 7.22. The SMILES string of the molecule is COC(=O)CCC1=C(C)/C(=C/c2[nH]c(Cc3[nH]c(C(=O)O)c(C)c3CCC(=O)OC)c(C)c2CCC(=O)OC)N=C1Cc1[nH]c(C(=O)O)c(C)c1CCC(=O)OC. The number of nitrogens with one attached hydrogen (secondary N) is 3. The molecule has 3 aromatic heterocycles. The predicted octanol–water partition coefficient (Wildman–Crippen LogP) is 5.21. The zero-order chi connectivity index (χ0) is 42.1. The number of aromatic carboxylic acids is 2. The van der Waals surface area contributed by atoms with E-state index in [1.165, 1.54) is 28.4 Å². The molecule has 0 fully saturated rings. The van der Waals surface area contributed by atoms with Crippen LogP contribution < -0.4 is 0 Å². The number of aromatic amines is 3. The van der Waals surface area contributed by atoms with Crippen molar-refractivity contribution in [3.8, 4) is 0 Å². The van der Waals surface area contributed by atoms with Gasteiger partial charge in [0.15, 0.2) is 0 Å². The molecule has 0 aliphatic carbocycles. The zero-order valence-corrected chi connectivity index (χ0v) is 33.6. The lowest BCUT2D eigenvalue weighted by atomic mass is 9.95. The first-order chi connectivity index (χ1) is 27.0. The van der Waals surface area contributed by atoms with Crippen LogP contribution in [0, 0.1) is 20.8 Å². The lowest BCUT2D eigenvalue weighted by molar-refractivity contribution is -0.141. The highest BCUT2D eigenvalue weighted by atomic mass is 16.5. The maximum Gasteiger partial charge on any atom is 0.352 e. The molecule has 4 heterocycles. The molecule has 0 bridgehead atoms. The quantitative estimate of drug-likeness (QED) is 0.0777. The first-order valence-electron chi connectivity index (χ1n) is 18.4. The van der Waals surface area contributed by atoms with Crippen LogP contribution in [0.25, 0.3) is 6.08 Å². The number of hydrogen-bond donors (Lipinski definition) is 5. The summed E-state index contributed by atoms with van der Waals surface area (Å²) in [7, 11) is 5.20. The Hall–Kier alpha value is -6.19. The molecule has 0 unspecified atom stereocenters. The Balaban J connectivity index is 1.84. The zero-order valence-electron chi connectivity index (χ0n) is 33.6. The van der Waals surface area contributed by atoms with Crippen LogP contribution in [0.2, 0.25) is 0 Å². The second kappa shape index (κ2) is 19.1. The van der Waals surface area contributed by atoms with Gasteiger partial charge in [-0.15, -0.1) is 0 Å². The van der Waals surface area contributed by atoms with Gasteiger partial charge in [0, 0.05) is 61.3 Å². The highest BCUT2D eigenvalue weighted by Crippen LogP contribution is 2.35. The molecule has 0 saturated carbocycles. The Morgan fingerprint density at radius 2 is 0.982 bits per heavy atom. The molecular formula is C41H50N4O12. The Morgan fingerprint density at radius 1 is 0.561 bits per heavy atom. The Labute approximate surface area is 329 Å². The molecule has 57 heavy (non-hydrogen) atoms. The van der Waals surface area contributed by atoms with Crippen LogP contribution in [0.3, 0.4) is 0 Å². The molecule has 5 N–H and O–H groups in total. The van der Waals surface area contributed by atoms with Crippen molar-refractivity contribution in [2.24, 2.45) is 4.99 Å². The molecule has 0 aromatic carbocycles. The number of carbonyl (C=O) groups is 6. The van der Waals surface area contributed by atoms with Crippen molar-refractivity contribution >= 4 is 47.6 Å². The Kier molecular flexibility index (Phi) is 14.6. The van der Waals surface area contributed by atoms with Gasteiger partial charge >= 0.3 is 35.8 Å². The molecule has 306 valence electrons. The third-order valence-corrected chi connectivity index (χ3v) is 10.5. The summed E-state index contributed by atoms with van der Waals surface area (Å²) < 4.78 is 19.5. The summed E-state index contributed by atoms with van der Waals surface area (Å²) in [5.74, 6) is -3.96. The number of aliphatic imine (C=N–C) groups is 1. The fourth-order valence-electron chi connectivity index (χ4n) is 7.22. The minimum absolute atomic E-state index is 0.00173. The van der Waals surface area contributed by atoms with Gasteiger partial charge in [-0.2, -0.15) is 0 Å². The molecular weight excluding hydrogens is 740 g/mol. The van der Waals surface area contributed by atoms with Gasteiger partial charge in [0.25, 0.3) is 0 Å². The fraction of sp³-hybridized carbons (Fsp3) is 0.439. The number of nitrogens with zero attached hydrogens (tertiary/aromatic N) is 1. The van der Waals surface area contributed by atoms with Gasteiger partial charge in [-0.05, 0) is 104 Å². The van der Waals surface area contributed by atoms with Crippen molar-refractivity contribution in [1.82, 2.24) is 15.0 Å². The normalized spacial score (nSPS) is 13.2. The summed E-state index contributed by atoms with van der Waals surface area (Å²) >= 11 is 0. The van der Waals surface area contributed by atoms with Crippen molar-refractivity contribution < 1.29 is 57.9 Å². The van der Waals surface area contributed by atoms with Crippen molar-refractivity contribution in [3.63, 3.8) is 0 Å². The van der Waals surface area contributed by atoms with E-state index < -0.39 is 35.8 Å². The molecule has 16 nitrogen and oxygen atoms in total. The van der Waals surface area contributed by atoms with Crippen LogP contribution in [0.1, 0.15) is 116 Å². The van der Waals surface area contributed by atoms with Crippen LogP contribution in [-0.2, 0) is 70.2 Å². The minimum Gasteiger partial charge on any atom is -0.477 e. The Bertz CT molecular complexity index is 2180. The number of carbonyl (C=O) groups excluding carboxylic acids is 4. The molecule has 1 aliphatic heterocycles. The number of hydrogen-bond acceptors (Lipinski definition) is 11. The third kappa shape index (κ3) is 10.2. The van der Waals surface area contributed by atoms with Gasteiger partial charge in [-0.25, -0.2) is 9.59 Å². The van der Waals surface area contributed by atoms with Crippen LogP contribution in [0.5, 0.6) is 0 Å². The number of esters is 4. The van der Waals surface area contributed by atoms with E-state index in [1.54, 1.807) is 13.8 Å². The highest BCUT2D eigenvalue weighted by molar-refractivity contribution is 6.07. The van der Waals surface area contributed by atoms with E-state index in [1.807, 2.05) is 19.9 Å². The van der Waals surface area contributed by atoms with Gasteiger partial charge in [0.1, 0.15) is 11.4 Å². The number of rotatable bonds is 19. The summed E-state index contributed by atoms with van der Waals surface area (Å²) in [4.78, 5) is 87.5. The summed E-state index contributed by atoms with van der Waals surface area (Å²) in [6, 6.07) is 0. The molecule has 0 radical (unpaired) electrons. The van der Waals surface area contributed by atoms with Crippen LogP contribution in [-0.4, -0.2) is 95.1 Å². The number of allylic oxidation sites excluding steroid dienone is 2. The van der Waals surface area contributed by atoms with Crippen molar-refractivity contribution in [3.05, 3.63) is 84.4 Å². The molecule has 0 atom stereocenters. The second-order valence-corrected chi connectivity index (χ2v) is 13.7. The van der Waals surface area contributed by atoms with Gasteiger partial charge in [0.2, 0.25) is 0 Å². The Morgan fingerprint density at radius 3 is 1.42 bits per heavy atom. The lowest BCUT2D eigenvalue weighted by Crippen LogP contribution is -2.10. The summed E-state index contributed by atoms with van der Waals surface area (Å²) in [6.07, 6.45) is 3.62. The summed E-state index contributed by atoms with van der Waals surface area (Å²) in [6.45, 7) is 7.15. The molecule has 4 rings (SSSR count). The van der Waals surface area contributed by atoms with Crippen molar-refractivity contribution in [2.75, 3.05) is 28.4 Å². The van der Waals surface area contributed by atoms with E-state index in [0.29, 0.717) is 57.2 Å². The van der Waals surface area contributed by atoms with E-state index in [4.69, 9.17) is 23.9 Å². The van der Waals surface area contributed by atoms with E-state index >= 15 is 0 Å². The topological polar surface area (TPSA) is 240 Å². The molecule has 0 amide bonds. The number of methoxy groups -OCH3 is 4. The monoisotopic (exact) mass is 790 g/mol. The molecule has 16 heteroatoms. The van der Waals surface area contributed by atoms with Gasteiger partial charge < -0.3 is 44.1 Å². The predicted molar refractivity (Wildman–Crippen MR) is 207 cm³/mol. The minimum atomic E-state index is -1.15. The molecule has 3 aromatic rings. The number of ether oxygens (including phenoxy) is 4. The standard InChI is InChI=1S/C41H50N4O12/c1-20-24(9-13-34(46)54-5)30(42-29(20)18-32-26(11-15-36(48)56-7)22(3)38(44-32)40(50)51)17-28-21(2)25(10-14-35(47)55-6)31(43-28)19-33-27(12-16-37(49)57-8)23(4)39(45-33)41(52)53/h17,42,44-45H,9-16,18-19H2,1-8H3,(H,50,51)(H,52,53)/b28-17-. The summed E-state index contributed by atoms with van der Waals surface area (Å²) in [5.41, 5.74) is 9.33. The smallest absolute Gasteiger partial charge is 0.352 e. The second-order valence-electron chi connectivity index (χ2n) is 13.7. The van der Waals surface area contributed by atoms with Crippen LogP contribution in [0.4, 0.5) is 0 Å². The number of aromatic nitrogens is 3. The largest absolute Gasteiger partial charge is 0.477 e. The highest BCUT2D eigenvalue weighted by Gasteiger charge is 2.28. The summed E-state index contributed by atoms with van der Waals surface area (Å²) in [5, 5.41) is 19.8. The number of carboxylic acids is 2. The van der Waals surface area contributed by atoms with Gasteiger partial charge in [0.05, 0.1) is 39.8 Å². The van der Waals surface area contributed by atoms with E-state index in [0.717, 1.165) is 28.0 Å². The van der Waals surface area contributed by atoms with Gasteiger partial charge in [-0.3, -0.25) is 24.2 Å². The first kappa shape index (κ1) is 43.5. The van der Waals surface area contributed by atoms with E-state index in [-0.39, 0.29) is 69.2 Å². The van der Waals surface area contributed by atoms with E-state index in [9.17, 15) is 39.0 Å².